The van der Waals surface area contributed by atoms with E-state index in [4.69, 9.17) is 0 Å². The van der Waals surface area contributed by atoms with Crippen molar-refractivity contribution in [3.05, 3.63) is 0 Å². The van der Waals surface area contributed by atoms with Crippen molar-refractivity contribution in [3.63, 3.8) is 0 Å². The van der Waals surface area contributed by atoms with Gasteiger partial charge in [-0.2, -0.15) is 0 Å². The minimum absolute atomic E-state index is 0.105. The molecular weight excluding hydrogens is 315 g/mol. The standard InChI is InChI=1S/C13H30PTe/c1-11(2,3)14(15-10,12(4,5)6)13(7,8)9/h1-10H3/q+1. The second-order valence-electron chi connectivity index (χ2n) is 7.30. The first-order valence-electron chi connectivity index (χ1n) is 5.76. The van der Waals surface area contributed by atoms with Gasteiger partial charge < -0.3 is 0 Å². The van der Waals surface area contributed by atoms with E-state index in [2.05, 4.69) is 67.3 Å². The van der Waals surface area contributed by atoms with Gasteiger partial charge in [-0.25, -0.2) is 0 Å². The zero-order valence-corrected chi connectivity index (χ0v) is 15.6. The minimum atomic E-state index is -0.899. The van der Waals surface area contributed by atoms with E-state index < -0.39 is 4.95 Å². The Morgan fingerprint density at radius 3 is 0.800 bits per heavy atom. The molecule has 15 heavy (non-hydrogen) atoms. The summed E-state index contributed by atoms with van der Waals surface area (Å²) in [4.78, 5) is 1.63. The Kier molecular flexibility index (Phi) is 4.84. The zero-order valence-electron chi connectivity index (χ0n) is 12.4. The Morgan fingerprint density at radius 1 is 0.600 bits per heavy atom. The van der Waals surface area contributed by atoms with Crippen molar-refractivity contribution >= 4 is 25.3 Å². The fourth-order valence-corrected chi connectivity index (χ4v) is 25.6. The Balaban J connectivity index is 5.78. The predicted molar refractivity (Wildman–Crippen MR) is 77.8 cm³/mol. The second kappa shape index (κ2) is 4.48. The topological polar surface area (TPSA) is 0 Å². The van der Waals surface area contributed by atoms with Crippen molar-refractivity contribution in [2.45, 2.75) is 82.8 Å². The van der Waals surface area contributed by atoms with Gasteiger partial charge in [0.2, 0.25) is 0 Å². The van der Waals surface area contributed by atoms with E-state index in [-0.39, 0.29) is 20.4 Å². The van der Waals surface area contributed by atoms with Gasteiger partial charge >= 0.3 is 108 Å². The van der Waals surface area contributed by atoms with Crippen molar-refractivity contribution in [1.29, 1.82) is 0 Å². The van der Waals surface area contributed by atoms with Gasteiger partial charge in [0.05, 0.1) is 0 Å². The summed E-state index contributed by atoms with van der Waals surface area (Å²) in [5.74, 6) is 0. The zero-order chi connectivity index (χ0) is 12.7. The number of hydrogen-bond donors (Lipinski definition) is 0. The Morgan fingerprint density at radius 2 is 0.800 bits per heavy atom. The molecule has 92 valence electrons. The van der Waals surface area contributed by atoms with Crippen LogP contribution in [0.1, 0.15) is 62.3 Å². The molecule has 0 aliphatic rings. The van der Waals surface area contributed by atoms with Crippen LogP contribution in [0.15, 0.2) is 0 Å². The van der Waals surface area contributed by atoms with Crippen molar-refractivity contribution in [3.8, 4) is 0 Å². The molecule has 0 aromatic carbocycles. The summed E-state index contributed by atoms with van der Waals surface area (Å²) in [5.41, 5.74) is 0. The van der Waals surface area contributed by atoms with Crippen LogP contribution in [-0.4, -0.2) is 35.8 Å². The van der Waals surface area contributed by atoms with Gasteiger partial charge in [0.25, 0.3) is 0 Å². The third-order valence-corrected chi connectivity index (χ3v) is 28.1. The molecule has 0 saturated carbocycles. The van der Waals surface area contributed by atoms with Crippen LogP contribution in [0, 0.1) is 0 Å². The van der Waals surface area contributed by atoms with E-state index in [0.29, 0.717) is 15.5 Å². The van der Waals surface area contributed by atoms with Gasteiger partial charge in [-0.1, -0.05) is 0 Å². The van der Waals surface area contributed by atoms with Gasteiger partial charge in [-0.3, -0.25) is 0 Å². The molecule has 0 nitrogen and oxygen atoms in total. The van der Waals surface area contributed by atoms with Gasteiger partial charge in [-0.05, 0) is 0 Å². The molecule has 0 aromatic rings. The predicted octanol–water partition coefficient (Wildman–Crippen LogP) is 5.07. The number of rotatable bonds is 1. The van der Waals surface area contributed by atoms with Crippen molar-refractivity contribution < 1.29 is 0 Å². The van der Waals surface area contributed by atoms with Gasteiger partial charge in [0.1, 0.15) is 0 Å². The van der Waals surface area contributed by atoms with E-state index in [1.807, 2.05) is 0 Å². The monoisotopic (exact) mass is 347 g/mol. The summed E-state index contributed by atoms with van der Waals surface area (Å²) in [5, 5.41) is 1.50. The summed E-state index contributed by atoms with van der Waals surface area (Å²) >= 11 is 0.105. The van der Waals surface area contributed by atoms with Crippen LogP contribution in [0.4, 0.5) is 0 Å². The van der Waals surface area contributed by atoms with Crippen LogP contribution < -0.4 is 0 Å². The average Bonchev–Trinajstić information content (AvgIpc) is 1.76. The average molecular weight is 345 g/mol. The molecule has 0 saturated heterocycles. The van der Waals surface area contributed by atoms with Gasteiger partial charge in [0.15, 0.2) is 0 Å². The molecule has 0 rings (SSSR count). The molecule has 0 unspecified atom stereocenters. The summed E-state index contributed by atoms with van der Waals surface area (Å²) in [6, 6.07) is 0. The van der Waals surface area contributed by atoms with Crippen LogP contribution in [0.25, 0.3) is 0 Å². The van der Waals surface area contributed by atoms with Gasteiger partial charge in [0, 0.05) is 0 Å². The van der Waals surface area contributed by atoms with Crippen molar-refractivity contribution in [2.24, 2.45) is 0 Å². The Hall–Kier alpha value is 1.22. The maximum absolute atomic E-state index is 2.53. The molecule has 0 bridgehead atoms. The third kappa shape index (κ3) is 2.73. The van der Waals surface area contributed by atoms with E-state index in [9.17, 15) is 0 Å². The first kappa shape index (κ1) is 16.2. The third-order valence-electron chi connectivity index (χ3n) is 3.11. The van der Waals surface area contributed by atoms with Crippen LogP contribution in [0.2, 0.25) is 4.97 Å². The summed E-state index contributed by atoms with van der Waals surface area (Å²) in [6.45, 7) is 22.3. The Bertz CT molecular complexity index is 176. The molecule has 0 aromatic heterocycles. The fraction of sp³-hybridized carbons (Fsp3) is 1.00. The molecule has 0 fully saturated rings. The summed E-state index contributed by atoms with van der Waals surface area (Å²) in [6.07, 6.45) is 0. The van der Waals surface area contributed by atoms with Crippen LogP contribution >= 0.6 is 4.95 Å². The van der Waals surface area contributed by atoms with Crippen LogP contribution in [-0.2, 0) is 0 Å². The fourth-order valence-electron chi connectivity index (χ4n) is 3.84. The molecule has 0 N–H and O–H groups in total. The maximum atomic E-state index is 2.53. The second-order valence-corrected chi connectivity index (χ2v) is 20.7. The van der Waals surface area contributed by atoms with E-state index in [1.54, 1.807) is 0 Å². The molecule has 2 heteroatoms. The summed E-state index contributed by atoms with van der Waals surface area (Å²) < 4.78 is 0. The molecule has 0 aliphatic carbocycles. The van der Waals surface area contributed by atoms with Crippen LogP contribution in [0.3, 0.4) is 0 Å². The first-order chi connectivity index (χ1) is 6.31. The van der Waals surface area contributed by atoms with Crippen molar-refractivity contribution in [1.82, 2.24) is 0 Å². The Labute approximate surface area is 108 Å². The molecular formula is C13H30PTe+. The number of hydrogen-bond acceptors (Lipinski definition) is 0. The molecule has 0 amide bonds. The molecule has 0 spiro atoms. The normalized spacial score (nSPS) is 15.6. The quantitative estimate of drug-likeness (QED) is 0.460. The molecule has 0 radical (unpaired) electrons. The molecule has 0 atom stereocenters. The van der Waals surface area contributed by atoms with Gasteiger partial charge in [-0.15, -0.1) is 0 Å². The molecule has 0 heterocycles. The molecule has 0 aliphatic heterocycles. The SMILES string of the molecule is C[Te][P+](C(C)(C)C)(C(C)(C)C)C(C)(C)C. The van der Waals surface area contributed by atoms with E-state index in [1.165, 1.54) is 0 Å². The van der Waals surface area contributed by atoms with Crippen LogP contribution in [0.5, 0.6) is 0 Å². The van der Waals surface area contributed by atoms with Crippen molar-refractivity contribution in [2.75, 3.05) is 0 Å². The first-order valence-corrected chi connectivity index (χ1v) is 12.9. The van der Waals surface area contributed by atoms with E-state index >= 15 is 0 Å². The van der Waals surface area contributed by atoms with E-state index in [0.717, 1.165) is 0 Å². The summed E-state index contributed by atoms with van der Waals surface area (Å²) in [7, 11) is 0.